The summed E-state index contributed by atoms with van der Waals surface area (Å²) >= 11 is 0. The number of nitrogens with two attached hydrogens (primary N) is 1. The van der Waals surface area contributed by atoms with Crippen LogP contribution in [-0.2, 0) is 0 Å². The van der Waals surface area contributed by atoms with Gasteiger partial charge in [-0.15, -0.1) is 0 Å². The molecule has 0 aromatic carbocycles. The van der Waals surface area contributed by atoms with Crippen molar-refractivity contribution in [3.63, 3.8) is 0 Å². The van der Waals surface area contributed by atoms with Crippen LogP contribution in [0.15, 0.2) is 18.3 Å². The van der Waals surface area contributed by atoms with E-state index in [0.717, 1.165) is 18.5 Å². The van der Waals surface area contributed by atoms with Crippen LogP contribution < -0.4 is 11.1 Å². The molecule has 1 rings (SSSR count). The average molecular weight is 195 g/mol. The van der Waals surface area contributed by atoms with Crippen molar-refractivity contribution in [1.29, 1.82) is 0 Å². The van der Waals surface area contributed by atoms with Gasteiger partial charge < -0.3 is 16.2 Å². The van der Waals surface area contributed by atoms with Gasteiger partial charge in [-0.25, -0.2) is 4.98 Å². The van der Waals surface area contributed by atoms with Crippen molar-refractivity contribution in [1.82, 2.24) is 4.98 Å². The lowest BCUT2D eigenvalue weighted by atomic mass is 10.1. The molecule has 4 N–H and O–H groups in total. The number of aliphatic hydroxyl groups excluding tert-OH is 1. The first-order valence-corrected chi connectivity index (χ1v) is 4.85. The van der Waals surface area contributed by atoms with E-state index in [1.807, 2.05) is 12.1 Å². The van der Waals surface area contributed by atoms with Crippen LogP contribution in [0.3, 0.4) is 0 Å². The number of anilines is 2. The van der Waals surface area contributed by atoms with Gasteiger partial charge in [0.2, 0.25) is 0 Å². The van der Waals surface area contributed by atoms with Crippen LogP contribution in [0.4, 0.5) is 11.5 Å². The number of aliphatic hydroxyl groups is 1. The Kier molecular flexibility index (Phi) is 4.19. The summed E-state index contributed by atoms with van der Waals surface area (Å²) in [5.41, 5.74) is 6.52. The molecule has 0 aliphatic heterocycles. The van der Waals surface area contributed by atoms with E-state index in [2.05, 4.69) is 17.2 Å². The minimum Gasteiger partial charge on any atom is -0.396 e. The lowest BCUT2D eigenvalue weighted by Gasteiger charge is -2.17. The van der Waals surface area contributed by atoms with E-state index in [4.69, 9.17) is 10.8 Å². The zero-order valence-corrected chi connectivity index (χ0v) is 8.40. The fraction of sp³-hybridized carbons (Fsp3) is 0.500. The average Bonchev–Trinajstić information content (AvgIpc) is 2.20. The van der Waals surface area contributed by atoms with Crippen molar-refractivity contribution in [2.45, 2.75) is 25.8 Å². The molecule has 0 saturated heterocycles. The van der Waals surface area contributed by atoms with Gasteiger partial charge in [0.15, 0.2) is 0 Å². The highest BCUT2D eigenvalue weighted by Crippen LogP contribution is 2.16. The highest BCUT2D eigenvalue weighted by Gasteiger charge is 2.06. The molecule has 0 saturated carbocycles. The Balaban J connectivity index is 2.62. The SMILES string of the molecule is CCC(CCO)Nc1cccnc1N. The predicted octanol–water partition coefficient (Wildman–Crippen LogP) is 1.24. The summed E-state index contributed by atoms with van der Waals surface area (Å²) in [6.07, 6.45) is 3.34. The van der Waals surface area contributed by atoms with Crippen LogP contribution in [0.25, 0.3) is 0 Å². The van der Waals surface area contributed by atoms with Crippen LogP contribution in [0, 0.1) is 0 Å². The Morgan fingerprint density at radius 1 is 1.64 bits per heavy atom. The van der Waals surface area contributed by atoms with Crippen molar-refractivity contribution < 1.29 is 5.11 Å². The molecule has 1 atom stereocenters. The quantitative estimate of drug-likeness (QED) is 0.661. The van der Waals surface area contributed by atoms with Crippen LogP contribution in [0.2, 0.25) is 0 Å². The summed E-state index contributed by atoms with van der Waals surface area (Å²) in [6.45, 7) is 2.26. The Morgan fingerprint density at radius 2 is 2.43 bits per heavy atom. The summed E-state index contributed by atoms with van der Waals surface area (Å²) in [7, 11) is 0. The van der Waals surface area contributed by atoms with Crippen LogP contribution >= 0.6 is 0 Å². The Morgan fingerprint density at radius 3 is 3.00 bits per heavy atom. The lowest BCUT2D eigenvalue weighted by molar-refractivity contribution is 0.278. The maximum atomic E-state index is 8.83. The topological polar surface area (TPSA) is 71.2 Å². The van der Waals surface area contributed by atoms with E-state index < -0.39 is 0 Å². The van der Waals surface area contributed by atoms with Crippen molar-refractivity contribution in [3.05, 3.63) is 18.3 Å². The Labute approximate surface area is 84.2 Å². The minimum atomic E-state index is 0.186. The lowest BCUT2D eigenvalue weighted by Crippen LogP contribution is -2.20. The molecule has 78 valence electrons. The summed E-state index contributed by atoms with van der Waals surface area (Å²) in [5, 5.41) is 12.1. The first-order chi connectivity index (χ1) is 6.77. The molecule has 4 heteroatoms. The van der Waals surface area contributed by atoms with E-state index in [9.17, 15) is 0 Å². The molecular weight excluding hydrogens is 178 g/mol. The van der Waals surface area contributed by atoms with E-state index in [0.29, 0.717) is 5.82 Å². The number of nitrogens with zero attached hydrogens (tertiary/aromatic N) is 1. The summed E-state index contributed by atoms with van der Waals surface area (Å²) in [4.78, 5) is 3.98. The second-order valence-electron chi connectivity index (χ2n) is 3.20. The van der Waals surface area contributed by atoms with E-state index in [-0.39, 0.29) is 12.6 Å². The molecule has 0 amide bonds. The largest absolute Gasteiger partial charge is 0.396 e. The third-order valence-corrected chi connectivity index (χ3v) is 2.17. The number of hydrogen-bond donors (Lipinski definition) is 3. The molecule has 0 aliphatic carbocycles. The number of nitrogen functional groups attached to an aromatic ring is 1. The highest BCUT2D eigenvalue weighted by atomic mass is 16.3. The molecular formula is C10H17N3O. The fourth-order valence-corrected chi connectivity index (χ4v) is 1.29. The first kappa shape index (κ1) is 10.8. The number of pyridine rings is 1. The van der Waals surface area contributed by atoms with Crippen molar-refractivity contribution in [2.24, 2.45) is 0 Å². The number of rotatable bonds is 5. The third-order valence-electron chi connectivity index (χ3n) is 2.17. The molecule has 0 aliphatic rings. The summed E-state index contributed by atoms with van der Waals surface area (Å²) in [6, 6.07) is 3.98. The van der Waals surface area contributed by atoms with Gasteiger partial charge in [0.1, 0.15) is 5.82 Å². The third kappa shape index (κ3) is 2.88. The number of aromatic nitrogens is 1. The zero-order valence-electron chi connectivity index (χ0n) is 8.40. The maximum Gasteiger partial charge on any atom is 0.146 e. The number of nitrogens with one attached hydrogen (secondary N) is 1. The van der Waals surface area contributed by atoms with Gasteiger partial charge in [-0.2, -0.15) is 0 Å². The van der Waals surface area contributed by atoms with Crippen molar-refractivity contribution in [3.8, 4) is 0 Å². The van der Waals surface area contributed by atoms with Crippen LogP contribution in [0.1, 0.15) is 19.8 Å². The molecule has 0 radical (unpaired) electrons. The molecule has 1 heterocycles. The van der Waals surface area contributed by atoms with Gasteiger partial charge in [0, 0.05) is 18.8 Å². The molecule has 0 bridgehead atoms. The Bertz CT molecular complexity index is 278. The smallest absolute Gasteiger partial charge is 0.146 e. The normalized spacial score (nSPS) is 12.4. The fourth-order valence-electron chi connectivity index (χ4n) is 1.29. The molecule has 0 spiro atoms. The molecule has 4 nitrogen and oxygen atoms in total. The van der Waals surface area contributed by atoms with E-state index in [1.165, 1.54) is 0 Å². The summed E-state index contributed by atoms with van der Waals surface area (Å²) in [5.74, 6) is 0.504. The monoisotopic (exact) mass is 195 g/mol. The van der Waals surface area contributed by atoms with Gasteiger partial charge in [0.25, 0.3) is 0 Å². The second kappa shape index (κ2) is 5.44. The van der Waals surface area contributed by atoms with Crippen LogP contribution in [0.5, 0.6) is 0 Å². The molecule has 1 aromatic rings. The molecule has 0 fully saturated rings. The predicted molar refractivity (Wildman–Crippen MR) is 58.1 cm³/mol. The first-order valence-electron chi connectivity index (χ1n) is 4.85. The highest BCUT2D eigenvalue weighted by molar-refractivity contribution is 5.61. The van der Waals surface area contributed by atoms with E-state index >= 15 is 0 Å². The minimum absolute atomic E-state index is 0.186. The van der Waals surface area contributed by atoms with Crippen molar-refractivity contribution >= 4 is 11.5 Å². The van der Waals surface area contributed by atoms with Gasteiger partial charge >= 0.3 is 0 Å². The molecule has 14 heavy (non-hydrogen) atoms. The second-order valence-corrected chi connectivity index (χ2v) is 3.20. The Hall–Kier alpha value is -1.29. The van der Waals surface area contributed by atoms with Gasteiger partial charge in [-0.1, -0.05) is 6.92 Å². The molecule has 1 unspecified atom stereocenters. The van der Waals surface area contributed by atoms with Crippen molar-refractivity contribution in [2.75, 3.05) is 17.7 Å². The maximum absolute atomic E-state index is 8.83. The van der Waals surface area contributed by atoms with Gasteiger partial charge in [-0.3, -0.25) is 0 Å². The number of hydrogen-bond acceptors (Lipinski definition) is 4. The van der Waals surface area contributed by atoms with Gasteiger partial charge in [-0.05, 0) is 25.0 Å². The van der Waals surface area contributed by atoms with Crippen LogP contribution in [-0.4, -0.2) is 22.7 Å². The standard InChI is InChI=1S/C10H17N3O/c1-2-8(5-7-14)13-9-4-3-6-12-10(9)11/h3-4,6,8,13-14H,2,5,7H2,1H3,(H2,11,12). The molecule has 1 aromatic heterocycles. The van der Waals surface area contributed by atoms with Gasteiger partial charge in [0.05, 0.1) is 5.69 Å². The van der Waals surface area contributed by atoms with E-state index in [1.54, 1.807) is 6.20 Å². The zero-order chi connectivity index (χ0) is 10.4. The summed E-state index contributed by atoms with van der Waals surface area (Å²) < 4.78 is 0.